The molecular formula is C33H44N4O4. The van der Waals surface area contributed by atoms with Crippen LogP contribution in [0.5, 0.6) is 5.75 Å². The van der Waals surface area contributed by atoms with Gasteiger partial charge in [-0.25, -0.2) is 4.79 Å². The summed E-state index contributed by atoms with van der Waals surface area (Å²) in [5.41, 5.74) is 3.38. The maximum Gasteiger partial charge on any atom is 0.410 e. The average molecular weight is 561 g/mol. The van der Waals surface area contributed by atoms with Crippen molar-refractivity contribution in [3.8, 4) is 11.8 Å². The second-order valence-electron chi connectivity index (χ2n) is 12.5. The molecule has 0 radical (unpaired) electrons. The summed E-state index contributed by atoms with van der Waals surface area (Å²) in [5.74, 6) is 0.841. The highest BCUT2D eigenvalue weighted by atomic mass is 16.6. The first-order valence-electron chi connectivity index (χ1n) is 14.7. The summed E-state index contributed by atoms with van der Waals surface area (Å²) < 4.78 is 11.7. The number of benzene rings is 2. The number of hydrogen-bond donors (Lipinski definition) is 0. The number of aryl methyl sites for hydroxylation is 1. The van der Waals surface area contributed by atoms with E-state index in [2.05, 4.69) is 36.9 Å². The van der Waals surface area contributed by atoms with Gasteiger partial charge in [-0.1, -0.05) is 12.1 Å². The second kappa shape index (κ2) is 12.9. The Kier molecular flexibility index (Phi) is 9.60. The molecule has 1 aliphatic carbocycles. The average Bonchev–Trinajstić information content (AvgIpc) is 2.93. The summed E-state index contributed by atoms with van der Waals surface area (Å²) in [7, 11) is 1.87. The Balaban J connectivity index is 1.28. The molecule has 0 spiro atoms. The largest absolute Gasteiger partial charge is 0.490 e. The van der Waals surface area contributed by atoms with E-state index in [9.17, 15) is 9.59 Å². The number of nitriles is 1. The lowest BCUT2D eigenvalue weighted by Gasteiger charge is -2.40. The number of anilines is 1. The van der Waals surface area contributed by atoms with Crippen LogP contribution in [0.25, 0.3) is 0 Å². The molecule has 2 amide bonds. The van der Waals surface area contributed by atoms with Crippen molar-refractivity contribution in [1.82, 2.24) is 9.80 Å². The first kappa shape index (κ1) is 30.4. The molecule has 4 rings (SSSR count). The molecule has 41 heavy (non-hydrogen) atoms. The van der Waals surface area contributed by atoms with Gasteiger partial charge in [0.25, 0.3) is 0 Å². The van der Waals surface area contributed by atoms with E-state index >= 15 is 0 Å². The van der Waals surface area contributed by atoms with E-state index in [1.807, 2.05) is 50.9 Å². The predicted molar refractivity (Wildman–Crippen MR) is 160 cm³/mol. The minimum Gasteiger partial charge on any atom is -0.490 e. The number of amides is 2. The number of hydrogen-bond acceptors (Lipinski definition) is 6. The molecule has 8 nitrogen and oxygen atoms in total. The zero-order valence-electron chi connectivity index (χ0n) is 25.4. The lowest BCUT2D eigenvalue weighted by Crippen LogP contribution is -2.54. The number of carbonyl (C=O) groups excluding carboxylic acids is 2. The van der Waals surface area contributed by atoms with Crippen molar-refractivity contribution in [2.45, 2.75) is 84.6 Å². The van der Waals surface area contributed by atoms with E-state index in [0.29, 0.717) is 17.9 Å². The molecule has 1 heterocycles. The first-order valence-corrected chi connectivity index (χ1v) is 14.7. The van der Waals surface area contributed by atoms with Crippen LogP contribution < -0.4 is 9.64 Å². The van der Waals surface area contributed by atoms with Crippen LogP contribution in [0.1, 0.15) is 70.1 Å². The maximum absolute atomic E-state index is 13.4. The standard InChI is InChI=1S/C33H44N4O4/c1-23-18-28(13-10-27(23)22-36-16-17-37(24(2)21-36)32(39)41-33(3,4)5)35(6)31(38)26-11-14-29(15-12-26)40-30-9-7-8-25(19-30)20-34/h7-10,13,18-19,24,26,29H,11-12,14-17,21-22H2,1-6H3/t24-,26?,29?/m0/s1. The Morgan fingerprint density at radius 3 is 2.44 bits per heavy atom. The first-order chi connectivity index (χ1) is 19.4. The van der Waals surface area contributed by atoms with Crippen molar-refractivity contribution in [1.29, 1.82) is 5.26 Å². The van der Waals surface area contributed by atoms with Crippen LogP contribution in [0.3, 0.4) is 0 Å². The van der Waals surface area contributed by atoms with Crippen molar-refractivity contribution in [3.63, 3.8) is 0 Å². The second-order valence-corrected chi connectivity index (χ2v) is 12.5. The lowest BCUT2D eigenvalue weighted by molar-refractivity contribution is -0.123. The quantitative estimate of drug-likeness (QED) is 0.437. The number of piperazine rings is 1. The third-order valence-corrected chi connectivity index (χ3v) is 8.07. The Morgan fingerprint density at radius 1 is 1.07 bits per heavy atom. The molecule has 2 aliphatic rings. The highest BCUT2D eigenvalue weighted by Crippen LogP contribution is 2.31. The molecule has 1 saturated carbocycles. The fraction of sp³-hybridized carbons (Fsp3) is 0.545. The van der Waals surface area contributed by atoms with Crippen molar-refractivity contribution < 1.29 is 19.1 Å². The molecule has 2 aromatic carbocycles. The highest BCUT2D eigenvalue weighted by molar-refractivity contribution is 5.94. The van der Waals surface area contributed by atoms with E-state index < -0.39 is 5.60 Å². The minimum atomic E-state index is -0.498. The van der Waals surface area contributed by atoms with E-state index in [1.54, 1.807) is 17.0 Å². The Hall–Kier alpha value is -3.57. The molecular weight excluding hydrogens is 516 g/mol. The fourth-order valence-electron chi connectivity index (χ4n) is 5.74. The number of rotatable bonds is 6. The van der Waals surface area contributed by atoms with Gasteiger partial charge in [-0.2, -0.15) is 5.26 Å². The molecule has 0 aromatic heterocycles. The molecule has 0 N–H and O–H groups in total. The minimum absolute atomic E-state index is 0.0203. The Morgan fingerprint density at radius 2 is 1.80 bits per heavy atom. The molecule has 1 atom stereocenters. The van der Waals surface area contributed by atoms with Crippen LogP contribution in [-0.4, -0.2) is 66.2 Å². The number of carbonyl (C=O) groups is 2. The van der Waals surface area contributed by atoms with Gasteiger partial charge in [-0.3, -0.25) is 9.69 Å². The molecule has 2 fully saturated rings. The van der Waals surface area contributed by atoms with Gasteiger partial charge in [-0.05, 0) is 102 Å². The van der Waals surface area contributed by atoms with Gasteiger partial charge in [-0.15, -0.1) is 0 Å². The van der Waals surface area contributed by atoms with E-state index in [4.69, 9.17) is 14.7 Å². The molecule has 0 unspecified atom stereocenters. The van der Waals surface area contributed by atoms with Gasteiger partial charge < -0.3 is 19.3 Å². The van der Waals surface area contributed by atoms with Crippen LogP contribution in [-0.2, 0) is 16.1 Å². The van der Waals surface area contributed by atoms with Crippen molar-refractivity contribution in [2.24, 2.45) is 5.92 Å². The maximum atomic E-state index is 13.4. The van der Waals surface area contributed by atoms with Crippen LogP contribution in [0.2, 0.25) is 0 Å². The van der Waals surface area contributed by atoms with E-state index in [-0.39, 0.29) is 30.1 Å². The Bertz CT molecular complexity index is 1270. The van der Waals surface area contributed by atoms with E-state index in [1.165, 1.54) is 5.56 Å². The zero-order valence-corrected chi connectivity index (χ0v) is 25.4. The SMILES string of the molecule is Cc1cc(N(C)C(=O)C2CCC(Oc3cccc(C#N)c3)CC2)ccc1CN1CCN(C(=O)OC(C)(C)C)[C@@H](C)C1. The molecule has 1 saturated heterocycles. The van der Waals surface area contributed by atoms with Gasteiger partial charge >= 0.3 is 6.09 Å². The van der Waals surface area contributed by atoms with Crippen LogP contribution >= 0.6 is 0 Å². The summed E-state index contributed by atoms with van der Waals surface area (Å²) in [4.78, 5) is 31.9. The molecule has 220 valence electrons. The number of ether oxygens (including phenoxy) is 2. The third kappa shape index (κ3) is 8.01. The van der Waals surface area contributed by atoms with Crippen molar-refractivity contribution in [2.75, 3.05) is 31.6 Å². The third-order valence-electron chi connectivity index (χ3n) is 8.07. The Labute approximate surface area is 244 Å². The molecule has 0 bridgehead atoms. The summed E-state index contributed by atoms with van der Waals surface area (Å²) in [6.45, 7) is 12.9. The summed E-state index contributed by atoms with van der Waals surface area (Å²) in [6.07, 6.45) is 3.03. The van der Waals surface area contributed by atoms with Crippen LogP contribution in [0.15, 0.2) is 42.5 Å². The van der Waals surface area contributed by atoms with Crippen molar-refractivity contribution >= 4 is 17.7 Å². The molecule has 2 aromatic rings. The fourth-order valence-corrected chi connectivity index (χ4v) is 5.74. The molecule has 8 heteroatoms. The normalized spacial score (nSPS) is 21.6. The smallest absolute Gasteiger partial charge is 0.410 e. The highest BCUT2D eigenvalue weighted by Gasteiger charge is 2.32. The van der Waals surface area contributed by atoms with Gasteiger partial charge in [0, 0.05) is 50.9 Å². The zero-order chi connectivity index (χ0) is 29.7. The number of nitrogens with zero attached hydrogens (tertiary/aromatic N) is 4. The summed E-state index contributed by atoms with van der Waals surface area (Å²) in [6, 6.07) is 15.7. The van der Waals surface area contributed by atoms with E-state index in [0.717, 1.165) is 56.6 Å². The van der Waals surface area contributed by atoms with Crippen LogP contribution in [0.4, 0.5) is 10.5 Å². The van der Waals surface area contributed by atoms with Gasteiger partial charge in [0.15, 0.2) is 0 Å². The van der Waals surface area contributed by atoms with Crippen molar-refractivity contribution in [3.05, 3.63) is 59.2 Å². The topological polar surface area (TPSA) is 86.1 Å². The van der Waals surface area contributed by atoms with Gasteiger partial charge in [0.1, 0.15) is 11.4 Å². The van der Waals surface area contributed by atoms with Gasteiger partial charge in [0.2, 0.25) is 5.91 Å². The lowest BCUT2D eigenvalue weighted by atomic mass is 9.86. The van der Waals surface area contributed by atoms with Crippen LogP contribution in [0, 0.1) is 24.2 Å². The summed E-state index contributed by atoms with van der Waals surface area (Å²) in [5, 5.41) is 9.11. The van der Waals surface area contributed by atoms with Gasteiger partial charge in [0.05, 0.1) is 17.7 Å². The monoisotopic (exact) mass is 560 g/mol. The predicted octanol–water partition coefficient (Wildman–Crippen LogP) is 5.91. The summed E-state index contributed by atoms with van der Waals surface area (Å²) >= 11 is 0. The molecule has 1 aliphatic heterocycles.